The first-order chi connectivity index (χ1) is 8.91. The van der Waals surface area contributed by atoms with Gasteiger partial charge in [-0.3, -0.25) is 4.79 Å². The number of amides is 1. The topological polar surface area (TPSA) is 113 Å². The SMILES string of the molecule is C[C@H](O)[C@H](NC(=O)[C@@H](N)Cc1ccccc1)C(=O)O. The van der Waals surface area contributed by atoms with Crippen molar-refractivity contribution in [2.24, 2.45) is 5.73 Å². The molecule has 0 unspecified atom stereocenters. The molecule has 0 aromatic heterocycles. The summed E-state index contributed by atoms with van der Waals surface area (Å²) in [6.45, 7) is 1.29. The number of hydrogen-bond donors (Lipinski definition) is 4. The lowest BCUT2D eigenvalue weighted by Crippen LogP contribution is -2.53. The average Bonchev–Trinajstić information content (AvgIpc) is 2.35. The molecular weight excluding hydrogens is 248 g/mol. The van der Waals surface area contributed by atoms with Gasteiger partial charge < -0.3 is 21.3 Å². The maximum Gasteiger partial charge on any atom is 0.328 e. The Bertz CT molecular complexity index is 434. The molecule has 0 saturated carbocycles. The van der Waals surface area contributed by atoms with Gasteiger partial charge in [-0.1, -0.05) is 30.3 Å². The maximum atomic E-state index is 11.8. The molecule has 0 saturated heterocycles. The Labute approximate surface area is 111 Å². The lowest BCUT2D eigenvalue weighted by Gasteiger charge is -2.19. The number of nitrogens with one attached hydrogen (secondary N) is 1. The van der Waals surface area contributed by atoms with Crippen LogP contribution in [0.4, 0.5) is 0 Å². The Balaban J connectivity index is 2.60. The van der Waals surface area contributed by atoms with Crippen molar-refractivity contribution in [1.29, 1.82) is 0 Å². The van der Waals surface area contributed by atoms with E-state index in [1.54, 1.807) is 0 Å². The van der Waals surface area contributed by atoms with Crippen LogP contribution < -0.4 is 11.1 Å². The van der Waals surface area contributed by atoms with Crippen molar-refractivity contribution in [1.82, 2.24) is 5.32 Å². The molecule has 0 heterocycles. The van der Waals surface area contributed by atoms with E-state index < -0.39 is 30.1 Å². The largest absolute Gasteiger partial charge is 0.480 e. The molecule has 3 atom stereocenters. The van der Waals surface area contributed by atoms with E-state index in [2.05, 4.69) is 5.32 Å². The molecule has 19 heavy (non-hydrogen) atoms. The summed E-state index contributed by atoms with van der Waals surface area (Å²) in [6.07, 6.45) is -0.885. The number of carboxylic acids is 1. The van der Waals surface area contributed by atoms with Crippen LogP contribution in [0.2, 0.25) is 0 Å². The highest BCUT2D eigenvalue weighted by atomic mass is 16.4. The molecule has 6 heteroatoms. The highest BCUT2D eigenvalue weighted by molar-refractivity contribution is 5.87. The van der Waals surface area contributed by atoms with Crippen molar-refractivity contribution in [3.05, 3.63) is 35.9 Å². The standard InChI is InChI=1S/C13H18N2O4/c1-8(16)11(13(18)19)15-12(17)10(14)7-9-5-3-2-4-6-9/h2-6,8,10-11,16H,7,14H2,1H3,(H,15,17)(H,18,19)/t8-,10-,11-/m0/s1. The summed E-state index contributed by atoms with van der Waals surface area (Å²) >= 11 is 0. The molecule has 0 aliphatic heterocycles. The van der Waals surface area contributed by atoms with Gasteiger partial charge in [0.2, 0.25) is 5.91 Å². The summed E-state index contributed by atoms with van der Waals surface area (Å²) in [7, 11) is 0. The number of carbonyl (C=O) groups is 2. The highest BCUT2D eigenvalue weighted by Crippen LogP contribution is 2.02. The van der Waals surface area contributed by atoms with Crippen molar-refractivity contribution in [2.45, 2.75) is 31.5 Å². The third-order valence-corrected chi connectivity index (χ3v) is 2.68. The van der Waals surface area contributed by atoms with Crippen LogP contribution in [0.15, 0.2) is 30.3 Å². The van der Waals surface area contributed by atoms with E-state index in [1.807, 2.05) is 30.3 Å². The minimum absolute atomic E-state index is 0.304. The molecule has 1 aromatic rings. The second kappa shape index (κ2) is 6.86. The minimum Gasteiger partial charge on any atom is -0.480 e. The zero-order chi connectivity index (χ0) is 14.4. The maximum absolute atomic E-state index is 11.8. The fourth-order valence-corrected chi connectivity index (χ4v) is 1.61. The van der Waals surface area contributed by atoms with Gasteiger partial charge in [0.1, 0.15) is 0 Å². The zero-order valence-electron chi connectivity index (χ0n) is 10.6. The summed E-state index contributed by atoms with van der Waals surface area (Å²) in [5.74, 6) is -1.90. The number of aliphatic hydroxyl groups excluding tert-OH is 1. The van der Waals surface area contributed by atoms with Crippen LogP contribution in [-0.2, 0) is 16.0 Å². The van der Waals surface area contributed by atoms with Gasteiger partial charge in [-0.05, 0) is 18.9 Å². The van der Waals surface area contributed by atoms with Crippen LogP contribution in [0.3, 0.4) is 0 Å². The number of nitrogens with two attached hydrogens (primary N) is 1. The third-order valence-electron chi connectivity index (χ3n) is 2.68. The van der Waals surface area contributed by atoms with E-state index in [0.717, 1.165) is 5.56 Å². The average molecular weight is 266 g/mol. The first kappa shape index (κ1) is 15.1. The number of hydrogen-bond acceptors (Lipinski definition) is 4. The van der Waals surface area contributed by atoms with Crippen molar-refractivity contribution >= 4 is 11.9 Å². The van der Waals surface area contributed by atoms with E-state index >= 15 is 0 Å². The van der Waals surface area contributed by atoms with Crippen LogP contribution in [0.25, 0.3) is 0 Å². The van der Waals surface area contributed by atoms with Crippen molar-refractivity contribution in [3.63, 3.8) is 0 Å². The van der Waals surface area contributed by atoms with Gasteiger partial charge in [0.15, 0.2) is 6.04 Å². The zero-order valence-corrected chi connectivity index (χ0v) is 10.6. The van der Waals surface area contributed by atoms with E-state index in [0.29, 0.717) is 6.42 Å². The smallest absolute Gasteiger partial charge is 0.328 e. The number of rotatable bonds is 6. The van der Waals surface area contributed by atoms with Crippen molar-refractivity contribution in [3.8, 4) is 0 Å². The fourth-order valence-electron chi connectivity index (χ4n) is 1.61. The fraction of sp³-hybridized carbons (Fsp3) is 0.385. The van der Waals surface area contributed by atoms with Crippen LogP contribution in [0.5, 0.6) is 0 Å². The molecule has 6 nitrogen and oxygen atoms in total. The molecule has 1 amide bonds. The van der Waals surface area contributed by atoms with E-state index in [9.17, 15) is 14.7 Å². The summed E-state index contributed by atoms with van der Waals surface area (Å²) < 4.78 is 0. The predicted octanol–water partition coefficient (Wildman–Crippen LogP) is -0.493. The number of carboxylic acid groups (broad SMARTS) is 1. The summed E-state index contributed by atoms with van der Waals surface area (Å²) in [5, 5.41) is 20.3. The molecule has 1 aromatic carbocycles. The van der Waals surface area contributed by atoms with E-state index in [1.165, 1.54) is 6.92 Å². The number of aliphatic carboxylic acids is 1. The Hall–Kier alpha value is -1.92. The molecule has 0 fully saturated rings. The van der Waals surface area contributed by atoms with Crippen molar-refractivity contribution < 1.29 is 19.8 Å². The summed E-state index contributed by atoms with van der Waals surface area (Å²) in [5.41, 5.74) is 6.59. The molecule has 5 N–H and O–H groups in total. The van der Waals surface area contributed by atoms with Crippen LogP contribution in [0, 0.1) is 0 Å². The molecule has 0 aliphatic rings. The number of benzene rings is 1. The minimum atomic E-state index is -1.35. The van der Waals surface area contributed by atoms with E-state index in [4.69, 9.17) is 10.8 Å². The van der Waals surface area contributed by atoms with Crippen LogP contribution in [0.1, 0.15) is 12.5 Å². The third kappa shape index (κ3) is 4.69. The number of carbonyl (C=O) groups excluding carboxylic acids is 1. The Kier molecular flexibility index (Phi) is 5.47. The molecule has 0 bridgehead atoms. The molecule has 0 radical (unpaired) electrons. The molecular formula is C13H18N2O4. The quantitative estimate of drug-likeness (QED) is 0.555. The normalized spacial score (nSPS) is 15.3. The molecule has 0 aliphatic carbocycles. The van der Waals surface area contributed by atoms with Gasteiger partial charge in [-0.25, -0.2) is 4.79 Å². The Morgan fingerprint density at radius 1 is 1.32 bits per heavy atom. The van der Waals surface area contributed by atoms with Crippen molar-refractivity contribution in [2.75, 3.05) is 0 Å². The van der Waals surface area contributed by atoms with Gasteiger partial charge in [0, 0.05) is 0 Å². The van der Waals surface area contributed by atoms with E-state index in [-0.39, 0.29) is 0 Å². The van der Waals surface area contributed by atoms with Crippen LogP contribution in [-0.4, -0.2) is 40.3 Å². The van der Waals surface area contributed by atoms with Gasteiger partial charge in [0.05, 0.1) is 12.1 Å². The first-order valence-corrected chi connectivity index (χ1v) is 5.92. The highest BCUT2D eigenvalue weighted by Gasteiger charge is 2.27. The lowest BCUT2D eigenvalue weighted by molar-refractivity contribution is -0.144. The molecule has 104 valence electrons. The summed E-state index contributed by atoms with van der Waals surface area (Å²) in [4.78, 5) is 22.6. The van der Waals surface area contributed by atoms with Gasteiger partial charge in [-0.2, -0.15) is 0 Å². The monoisotopic (exact) mass is 266 g/mol. The van der Waals surface area contributed by atoms with Crippen LogP contribution >= 0.6 is 0 Å². The predicted molar refractivity (Wildman–Crippen MR) is 69.4 cm³/mol. The van der Waals surface area contributed by atoms with Gasteiger partial charge >= 0.3 is 5.97 Å². The Morgan fingerprint density at radius 3 is 2.37 bits per heavy atom. The van der Waals surface area contributed by atoms with Gasteiger partial charge in [-0.15, -0.1) is 0 Å². The first-order valence-electron chi connectivity index (χ1n) is 5.92. The number of aliphatic hydroxyl groups is 1. The Morgan fingerprint density at radius 2 is 1.89 bits per heavy atom. The second-order valence-electron chi connectivity index (χ2n) is 4.36. The molecule has 1 rings (SSSR count). The lowest BCUT2D eigenvalue weighted by atomic mass is 10.1. The second-order valence-corrected chi connectivity index (χ2v) is 4.36. The summed E-state index contributed by atoms with van der Waals surface area (Å²) in [6, 6.07) is 6.96. The van der Waals surface area contributed by atoms with Gasteiger partial charge in [0.25, 0.3) is 0 Å². The molecule has 0 spiro atoms.